The molecule has 0 aromatic heterocycles. The molecule has 0 fully saturated rings. The van der Waals surface area contributed by atoms with Crippen molar-refractivity contribution in [2.45, 2.75) is 0 Å². The summed E-state index contributed by atoms with van der Waals surface area (Å²) in [6.45, 7) is 0. The number of nitrogens with one attached hydrogen (secondary N) is 1. The summed E-state index contributed by atoms with van der Waals surface area (Å²) in [5.41, 5.74) is 13.8. The maximum atomic E-state index is 10.3. The predicted octanol–water partition coefficient (Wildman–Crippen LogP) is -0.0934. The van der Waals surface area contributed by atoms with Crippen molar-refractivity contribution in [2.24, 2.45) is 17.2 Å². The van der Waals surface area contributed by atoms with Gasteiger partial charge in [0.25, 0.3) is 0 Å². The molecule has 0 aliphatic carbocycles. The smallest absolute Gasteiger partial charge is 0.316 e. The van der Waals surface area contributed by atoms with Gasteiger partial charge in [0.2, 0.25) is 0 Å². The Bertz CT molecular complexity index is 349. The van der Waals surface area contributed by atoms with Gasteiger partial charge in [-0.25, -0.2) is 9.59 Å². The predicted molar refractivity (Wildman–Crippen MR) is 55.1 cm³/mol. The molecule has 0 bridgehead atoms. The molecule has 8 N–H and O–H groups in total. The van der Waals surface area contributed by atoms with Crippen LogP contribution < -0.4 is 22.5 Å². The van der Waals surface area contributed by atoms with Crippen molar-refractivity contribution in [1.82, 2.24) is 0 Å². The van der Waals surface area contributed by atoms with Crippen molar-refractivity contribution < 1.29 is 14.7 Å². The Kier molecular flexibility index (Phi) is 5.09. The van der Waals surface area contributed by atoms with Crippen LogP contribution in [0.3, 0.4) is 0 Å². The molecule has 0 saturated heterocycles. The molecule has 0 unspecified atom stereocenters. The molecule has 82 valence electrons. The van der Waals surface area contributed by atoms with Crippen LogP contribution in [0.4, 0.5) is 15.3 Å². The van der Waals surface area contributed by atoms with Crippen LogP contribution in [0.5, 0.6) is 5.75 Å². The topological polar surface area (TPSA) is 144 Å². The highest BCUT2D eigenvalue weighted by Crippen LogP contribution is 2.14. The fourth-order valence-electron chi connectivity index (χ4n) is 0.726. The summed E-state index contributed by atoms with van der Waals surface area (Å²) in [6, 6.07) is 4.68. The first-order valence-corrected chi connectivity index (χ1v) is 3.82. The van der Waals surface area contributed by atoms with E-state index >= 15 is 0 Å². The summed E-state index contributed by atoms with van der Waals surface area (Å²) in [5, 5.41) is 11.3. The van der Waals surface area contributed by atoms with E-state index < -0.39 is 12.1 Å². The van der Waals surface area contributed by atoms with Gasteiger partial charge in [0.05, 0.1) is 0 Å². The maximum absolute atomic E-state index is 10.3. The van der Waals surface area contributed by atoms with Gasteiger partial charge in [0, 0.05) is 11.8 Å². The summed E-state index contributed by atoms with van der Waals surface area (Å²) in [5.74, 6) is 0.0938. The monoisotopic (exact) mass is 212 g/mol. The molecule has 7 heteroatoms. The van der Waals surface area contributed by atoms with Crippen LogP contribution in [-0.4, -0.2) is 17.2 Å². The van der Waals surface area contributed by atoms with Gasteiger partial charge < -0.3 is 27.6 Å². The number of carbonyl (C=O) groups excluding carboxylic acids is 2. The Morgan fingerprint density at radius 3 is 2.13 bits per heavy atom. The van der Waals surface area contributed by atoms with Crippen molar-refractivity contribution in [2.75, 3.05) is 5.32 Å². The lowest BCUT2D eigenvalue weighted by molar-refractivity contribution is 0.256. The highest BCUT2D eigenvalue weighted by molar-refractivity contribution is 5.87. The number of primary amides is 3. The molecule has 1 aromatic carbocycles. The van der Waals surface area contributed by atoms with Crippen molar-refractivity contribution in [1.29, 1.82) is 0 Å². The first-order chi connectivity index (χ1) is 6.91. The quantitative estimate of drug-likeness (QED) is 0.443. The van der Waals surface area contributed by atoms with Crippen LogP contribution in [0.25, 0.3) is 0 Å². The highest BCUT2D eigenvalue weighted by atomic mass is 16.3. The lowest BCUT2D eigenvalue weighted by Gasteiger charge is -2.00. The van der Waals surface area contributed by atoms with E-state index in [1.54, 1.807) is 12.1 Å². The lowest BCUT2D eigenvalue weighted by Crippen LogP contribution is -2.18. The Morgan fingerprint density at radius 1 is 1.20 bits per heavy atom. The SMILES string of the molecule is NC(=O)Nc1cccc(O)c1.NC(N)=O. The molecule has 0 radical (unpaired) electrons. The number of nitrogens with two attached hydrogens (primary N) is 3. The number of rotatable bonds is 1. The number of hydrogen-bond acceptors (Lipinski definition) is 3. The number of phenols is 1. The van der Waals surface area contributed by atoms with Crippen LogP contribution >= 0.6 is 0 Å². The molecule has 0 aliphatic heterocycles. The Labute approximate surface area is 85.9 Å². The second kappa shape index (κ2) is 6.08. The fourth-order valence-corrected chi connectivity index (χ4v) is 0.726. The molecule has 0 heterocycles. The van der Waals surface area contributed by atoms with Crippen LogP contribution in [0.2, 0.25) is 0 Å². The normalized spacial score (nSPS) is 8.27. The van der Waals surface area contributed by atoms with Gasteiger partial charge in [-0.15, -0.1) is 0 Å². The van der Waals surface area contributed by atoms with Crippen molar-refractivity contribution in [3.8, 4) is 5.75 Å². The third-order valence-corrected chi connectivity index (χ3v) is 1.11. The van der Waals surface area contributed by atoms with Gasteiger partial charge in [-0.2, -0.15) is 0 Å². The number of phenolic OH excluding ortho intramolecular Hbond substituents is 1. The average Bonchev–Trinajstić information content (AvgIpc) is 2.00. The lowest BCUT2D eigenvalue weighted by atomic mass is 10.3. The molecular formula is C8H12N4O3. The molecule has 1 rings (SSSR count). The number of urea groups is 2. The zero-order chi connectivity index (χ0) is 11.8. The Morgan fingerprint density at radius 2 is 1.73 bits per heavy atom. The Hall–Kier alpha value is -2.44. The van der Waals surface area contributed by atoms with E-state index in [0.29, 0.717) is 5.69 Å². The number of hydrogen-bond donors (Lipinski definition) is 5. The van der Waals surface area contributed by atoms with Crippen LogP contribution in [0.1, 0.15) is 0 Å². The summed E-state index contributed by atoms with van der Waals surface area (Å²) >= 11 is 0. The van der Waals surface area contributed by atoms with Crippen molar-refractivity contribution in [3.05, 3.63) is 24.3 Å². The molecule has 0 saturated carbocycles. The molecule has 15 heavy (non-hydrogen) atoms. The second-order valence-corrected chi connectivity index (χ2v) is 2.44. The number of carbonyl (C=O) groups is 2. The maximum Gasteiger partial charge on any atom is 0.316 e. The van der Waals surface area contributed by atoms with Gasteiger partial charge in [-0.1, -0.05) is 6.07 Å². The molecule has 7 nitrogen and oxygen atoms in total. The minimum atomic E-state index is -0.833. The largest absolute Gasteiger partial charge is 0.508 e. The van der Waals surface area contributed by atoms with Crippen molar-refractivity contribution >= 4 is 17.7 Å². The fraction of sp³-hybridized carbons (Fsp3) is 0. The van der Waals surface area contributed by atoms with E-state index in [0.717, 1.165) is 0 Å². The number of aromatic hydroxyl groups is 1. The Balaban J connectivity index is 0.000000423. The third kappa shape index (κ3) is 7.91. The minimum Gasteiger partial charge on any atom is -0.508 e. The molecule has 0 spiro atoms. The number of anilines is 1. The highest BCUT2D eigenvalue weighted by Gasteiger charge is 1.94. The first kappa shape index (κ1) is 12.6. The molecule has 1 aromatic rings. The molecule has 0 aliphatic rings. The van der Waals surface area contributed by atoms with Gasteiger partial charge in [0.1, 0.15) is 5.75 Å². The molecule has 0 atom stereocenters. The van der Waals surface area contributed by atoms with E-state index in [9.17, 15) is 4.79 Å². The second-order valence-electron chi connectivity index (χ2n) is 2.44. The summed E-state index contributed by atoms with van der Waals surface area (Å²) in [7, 11) is 0. The van der Waals surface area contributed by atoms with Crippen LogP contribution in [-0.2, 0) is 0 Å². The standard InChI is InChI=1S/C7H8N2O2.CH4N2O/c8-7(11)9-5-2-1-3-6(10)4-5;2-1(3)4/h1-4,10H,(H3,8,9,11);(H4,2,3,4). The van der Waals surface area contributed by atoms with E-state index in [1.165, 1.54) is 12.1 Å². The molecular weight excluding hydrogens is 200 g/mol. The first-order valence-electron chi connectivity index (χ1n) is 3.82. The van der Waals surface area contributed by atoms with Gasteiger partial charge in [-0.3, -0.25) is 0 Å². The summed E-state index contributed by atoms with van der Waals surface area (Å²) < 4.78 is 0. The third-order valence-electron chi connectivity index (χ3n) is 1.11. The molecule has 4 amide bonds. The van der Waals surface area contributed by atoms with Crippen molar-refractivity contribution in [3.63, 3.8) is 0 Å². The summed E-state index contributed by atoms with van der Waals surface area (Å²) in [4.78, 5) is 19.3. The zero-order valence-electron chi connectivity index (χ0n) is 7.81. The van der Waals surface area contributed by atoms with E-state index in [-0.39, 0.29) is 5.75 Å². The van der Waals surface area contributed by atoms with E-state index in [1.807, 2.05) is 0 Å². The van der Waals surface area contributed by atoms with Crippen LogP contribution in [0, 0.1) is 0 Å². The van der Waals surface area contributed by atoms with Crippen LogP contribution in [0.15, 0.2) is 24.3 Å². The van der Waals surface area contributed by atoms with Gasteiger partial charge in [0.15, 0.2) is 0 Å². The minimum absolute atomic E-state index is 0.0938. The summed E-state index contributed by atoms with van der Waals surface area (Å²) in [6.07, 6.45) is 0. The van der Waals surface area contributed by atoms with E-state index in [4.69, 9.17) is 15.6 Å². The van der Waals surface area contributed by atoms with Gasteiger partial charge >= 0.3 is 12.1 Å². The zero-order valence-corrected chi connectivity index (χ0v) is 7.81. The average molecular weight is 212 g/mol. The number of amides is 4. The van der Waals surface area contributed by atoms with E-state index in [2.05, 4.69) is 16.8 Å². The van der Waals surface area contributed by atoms with Gasteiger partial charge in [-0.05, 0) is 12.1 Å². The number of benzene rings is 1.